The van der Waals surface area contributed by atoms with Crippen LogP contribution in [0, 0.1) is 6.92 Å². The van der Waals surface area contributed by atoms with Gasteiger partial charge in [-0.05, 0) is 40.1 Å². The molecule has 0 aliphatic carbocycles. The van der Waals surface area contributed by atoms with Gasteiger partial charge in [0, 0.05) is 6.20 Å². The van der Waals surface area contributed by atoms with Gasteiger partial charge >= 0.3 is 6.09 Å². The molecule has 0 aliphatic heterocycles. The van der Waals surface area contributed by atoms with E-state index in [0.29, 0.717) is 15.9 Å². The molecule has 0 saturated heterocycles. The topological polar surface area (TPSA) is 97.5 Å². The van der Waals surface area contributed by atoms with Crippen molar-refractivity contribution in [1.82, 2.24) is 15.5 Å². The van der Waals surface area contributed by atoms with Gasteiger partial charge in [0.25, 0.3) is 5.88 Å². The van der Waals surface area contributed by atoms with E-state index in [9.17, 15) is 4.79 Å². The molecule has 0 bridgehead atoms. The van der Waals surface area contributed by atoms with Gasteiger partial charge in [-0.25, -0.2) is 4.79 Å². The number of nitrogens with zero attached hydrogens (tertiary/aromatic N) is 2. The molecule has 0 spiro atoms. The van der Waals surface area contributed by atoms with Crippen LogP contribution >= 0.6 is 15.9 Å². The Balaban J connectivity index is 2.18. The molecule has 20 heavy (non-hydrogen) atoms. The highest BCUT2D eigenvalue weighted by Gasteiger charge is 2.20. The molecule has 1 amide bonds. The highest BCUT2D eigenvalue weighted by atomic mass is 79.9. The zero-order chi connectivity index (χ0) is 14.5. The summed E-state index contributed by atoms with van der Waals surface area (Å²) < 4.78 is 11.2. The Bertz CT molecular complexity index is 588. The van der Waals surface area contributed by atoms with Crippen LogP contribution in [0.4, 0.5) is 4.79 Å². The second-order valence-electron chi connectivity index (χ2n) is 3.91. The maximum absolute atomic E-state index is 10.6. The third-order valence-electron chi connectivity index (χ3n) is 2.47. The molecule has 2 aromatic heterocycles. The van der Waals surface area contributed by atoms with Gasteiger partial charge in [0.1, 0.15) is 4.47 Å². The number of rotatable bonds is 5. The quantitative estimate of drug-likeness (QED) is 0.867. The zero-order valence-electron chi connectivity index (χ0n) is 10.5. The molecule has 0 aromatic carbocycles. The van der Waals surface area contributed by atoms with Crippen molar-refractivity contribution < 1.29 is 19.2 Å². The fourth-order valence-corrected chi connectivity index (χ4v) is 1.74. The minimum atomic E-state index is -1.13. The van der Waals surface area contributed by atoms with E-state index in [1.807, 2.05) is 0 Å². The average molecular weight is 342 g/mol. The lowest BCUT2D eigenvalue weighted by molar-refractivity contribution is 0.162. The molecule has 0 saturated carbocycles. The Labute approximate surface area is 123 Å². The van der Waals surface area contributed by atoms with E-state index in [0.717, 1.165) is 0 Å². The van der Waals surface area contributed by atoms with E-state index >= 15 is 0 Å². The number of carbonyl (C=O) groups is 1. The van der Waals surface area contributed by atoms with E-state index < -0.39 is 12.2 Å². The van der Waals surface area contributed by atoms with Crippen molar-refractivity contribution in [2.24, 2.45) is 0 Å². The van der Waals surface area contributed by atoms with Gasteiger partial charge in [-0.1, -0.05) is 6.07 Å². The van der Waals surface area contributed by atoms with Crippen LogP contribution in [-0.2, 0) is 0 Å². The van der Waals surface area contributed by atoms with Crippen molar-refractivity contribution in [3.05, 3.63) is 40.3 Å². The maximum atomic E-state index is 10.6. The summed E-state index contributed by atoms with van der Waals surface area (Å²) >= 11 is 3.29. The number of aryl methyl sites for hydroxylation is 1. The molecular weight excluding hydrogens is 330 g/mol. The van der Waals surface area contributed by atoms with Crippen LogP contribution in [0.5, 0.6) is 5.88 Å². The summed E-state index contributed by atoms with van der Waals surface area (Å²) in [5, 5.41) is 14.7. The summed E-state index contributed by atoms with van der Waals surface area (Å²) in [5.74, 6) is 0.830. The molecule has 0 unspecified atom stereocenters. The van der Waals surface area contributed by atoms with Gasteiger partial charge < -0.3 is 19.7 Å². The molecule has 2 N–H and O–H groups in total. The number of hydrogen-bond acceptors (Lipinski definition) is 5. The first-order valence-electron chi connectivity index (χ1n) is 5.74. The molecule has 2 aromatic rings. The Hall–Kier alpha value is -2.09. The van der Waals surface area contributed by atoms with Crippen LogP contribution in [-0.4, -0.2) is 27.9 Å². The predicted molar refractivity (Wildman–Crippen MR) is 72.6 cm³/mol. The predicted octanol–water partition coefficient (Wildman–Crippen LogP) is 2.53. The van der Waals surface area contributed by atoms with Crippen LogP contribution in [0.25, 0.3) is 0 Å². The van der Waals surface area contributed by atoms with Gasteiger partial charge in [0.15, 0.2) is 11.9 Å². The highest BCUT2D eigenvalue weighted by molar-refractivity contribution is 9.10. The number of pyridine rings is 1. The SMILES string of the molecule is Cc1onc(O[C@@H](CNC(=O)O)c2ccccn2)c1Br. The normalized spacial score (nSPS) is 11.9. The van der Waals surface area contributed by atoms with E-state index in [1.54, 1.807) is 31.3 Å². The Kier molecular flexibility index (Phi) is 4.57. The summed E-state index contributed by atoms with van der Waals surface area (Å²) in [6, 6.07) is 5.30. The van der Waals surface area contributed by atoms with Crippen molar-refractivity contribution in [1.29, 1.82) is 0 Å². The Morgan fingerprint density at radius 3 is 2.95 bits per heavy atom. The van der Waals surface area contributed by atoms with Gasteiger partial charge in [-0.3, -0.25) is 4.98 Å². The summed E-state index contributed by atoms with van der Waals surface area (Å²) in [5.41, 5.74) is 0.591. The number of halogens is 1. The molecule has 2 heterocycles. The first-order chi connectivity index (χ1) is 9.58. The van der Waals surface area contributed by atoms with Crippen LogP contribution in [0.2, 0.25) is 0 Å². The molecule has 0 radical (unpaired) electrons. The van der Waals surface area contributed by atoms with Gasteiger partial charge in [-0.15, -0.1) is 0 Å². The highest BCUT2D eigenvalue weighted by Crippen LogP contribution is 2.30. The monoisotopic (exact) mass is 341 g/mol. The standard InChI is InChI=1S/C12H12BrN3O4/c1-7-10(13)11(16-20-7)19-9(6-15-12(17)18)8-4-2-3-5-14-8/h2-5,9,15H,6H2,1H3,(H,17,18)/t9-/m0/s1. The smallest absolute Gasteiger partial charge is 0.404 e. The zero-order valence-corrected chi connectivity index (χ0v) is 12.1. The summed E-state index contributed by atoms with van der Waals surface area (Å²) in [6.07, 6.45) is -0.131. The van der Waals surface area contributed by atoms with Crippen molar-refractivity contribution in [3.63, 3.8) is 0 Å². The first kappa shape index (κ1) is 14.3. The van der Waals surface area contributed by atoms with Crippen LogP contribution in [0.15, 0.2) is 33.4 Å². The lowest BCUT2D eigenvalue weighted by atomic mass is 10.2. The van der Waals surface area contributed by atoms with E-state index in [1.165, 1.54) is 0 Å². The molecular formula is C12H12BrN3O4. The second-order valence-corrected chi connectivity index (χ2v) is 4.70. The third-order valence-corrected chi connectivity index (χ3v) is 3.37. The molecule has 7 nitrogen and oxygen atoms in total. The lowest BCUT2D eigenvalue weighted by Crippen LogP contribution is -2.29. The third kappa shape index (κ3) is 3.47. The first-order valence-corrected chi connectivity index (χ1v) is 6.53. The summed E-state index contributed by atoms with van der Waals surface area (Å²) in [7, 11) is 0. The number of amides is 1. The lowest BCUT2D eigenvalue weighted by Gasteiger charge is -2.16. The number of hydrogen-bond donors (Lipinski definition) is 2. The van der Waals surface area contributed by atoms with Crippen molar-refractivity contribution >= 4 is 22.0 Å². The van der Waals surface area contributed by atoms with Crippen LogP contribution in [0.3, 0.4) is 0 Å². The number of nitrogens with one attached hydrogen (secondary N) is 1. The van der Waals surface area contributed by atoms with Gasteiger partial charge in [0.2, 0.25) is 0 Å². The van der Waals surface area contributed by atoms with E-state index in [4.69, 9.17) is 14.4 Å². The average Bonchev–Trinajstić information content (AvgIpc) is 2.76. The number of carboxylic acid groups (broad SMARTS) is 1. The molecule has 106 valence electrons. The summed E-state index contributed by atoms with van der Waals surface area (Å²) in [6.45, 7) is 1.78. The van der Waals surface area contributed by atoms with Crippen molar-refractivity contribution in [2.45, 2.75) is 13.0 Å². The largest absolute Gasteiger partial charge is 0.465 e. The molecule has 1 atom stereocenters. The van der Waals surface area contributed by atoms with Crippen molar-refractivity contribution in [3.8, 4) is 5.88 Å². The second kappa shape index (κ2) is 6.38. The Morgan fingerprint density at radius 2 is 2.40 bits per heavy atom. The number of ether oxygens (including phenoxy) is 1. The van der Waals surface area contributed by atoms with Gasteiger partial charge in [-0.2, -0.15) is 0 Å². The van der Waals surface area contributed by atoms with Crippen LogP contribution in [0.1, 0.15) is 17.6 Å². The maximum Gasteiger partial charge on any atom is 0.404 e. The molecule has 2 rings (SSSR count). The Morgan fingerprint density at radius 1 is 1.60 bits per heavy atom. The van der Waals surface area contributed by atoms with Gasteiger partial charge in [0.05, 0.1) is 12.2 Å². The molecule has 8 heteroatoms. The minimum absolute atomic E-state index is 0.0463. The molecule has 0 aliphatic rings. The summed E-state index contributed by atoms with van der Waals surface area (Å²) in [4.78, 5) is 14.8. The molecule has 0 fully saturated rings. The van der Waals surface area contributed by atoms with Crippen molar-refractivity contribution in [2.75, 3.05) is 6.54 Å². The van der Waals surface area contributed by atoms with E-state index in [-0.39, 0.29) is 12.4 Å². The van der Waals surface area contributed by atoms with Crippen LogP contribution < -0.4 is 10.1 Å². The van der Waals surface area contributed by atoms with E-state index in [2.05, 4.69) is 31.4 Å². The fraction of sp³-hybridized carbons (Fsp3) is 0.250. The fourth-order valence-electron chi connectivity index (χ4n) is 1.50. The minimum Gasteiger partial charge on any atom is -0.465 e. The number of aromatic nitrogens is 2.